The van der Waals surface area contributed by atoms with E-state index in [1.807, 2.05) is 0 Å². The van der Waals surface area contributed by atoms with Crippen molar-refractivity contribution in [3.8, 4) is 22.4 Å². The number of hydrogen-bond donors (Lipinski definition) is 1. The van der Waals surface area contributed by atoms with Crippen LogP contribution in [0.4, 0.5) is 5.13 Å². The van der Waals surface area contributed by atoms with Gasteiger partial charge >= 0.3 is 0 Å². The fourth-order valence-electron chi connectivity index (χ4n) is 2.47. The van der Waals surface area contributed by atoms with Gasteiger partial charge in [-0.2, -0.15) is 11.3 Å². The molecule has 0 fully saturated rings. The van der Waals surface area contributed by atoms with Crippen molar-refractivity contribution >= 4 is 50.7 Å². The van der Waals surface area contributed by atoms with E-state index >= 15 is 0 Å². The lowest BCUT2D eigenvalue weighted by atomic mass is 10.0. The lowest BCUT2D eigenvalue weighted by Gasteiger charge is -2.03. The maximum absolute atomic E-state index is 4.64. The molecule has 2 heterocycles. The van der Waals surface area contributed by atoms with Crippen LogP contribution in [0, 0.1) is 0 Å². The normalized spacial score (nSPS) is 12.3. The zero-order valence-electron chi connectivity index (χ0n) is 9.81. The molecule has 0 aliphatic heterocycles. The molecular formula is C14H9IN2S2. The Balaban J connectivity index is 1.80. The molecule has 0 saturated carbocycles. The van der Waals surface area contributed by atoms with Gasteiger partial charge in [0.15, 0.2) is 5.13 Å². The smallest absolute Gasteiger partial charge is 0.192 e. The number of fused-ring (bicyclic) bond motifs is 3. The molecule has 0 radical (unpaired) electrons. The van der Waals surface area contributed by atoms with E-state index in [4.69, 9.17) is 0 Å². The number of halogens is 1. The Labute approximate surface area is 133 Å². The summed E-state index contributed by atoms with van der Waals surface area (Å²) in [6.07, 6.45) is 1.01. The molecule has 0 unspecified atom stereocenters. The average Bonchev–Trinajstić information content (AvgIpc) is 3.13. The SMILES string of the molecule is INc1nc2c(s1)Cc1cc(-c3ccsc3)ccc1-2. The van der Waals surface area contributed by atoms with E-state index in [0.29, 0.717) is 0 Å². The predicted octanol–water partition coefficient (Wildman–Crippen LogP) is 5.20. The van der Waals surface area contributed by atoms with E-state index in [1.54, 1.807) is 22.7 Å². The number of anilines is 1. The maximum Gasteiger partial charge on any atom is 0.192 e. The molecule has 1 N–H and O–H groups in total. The molecule has 0 atom stereocenters. The second-order valence-electron chi connectivity index (χ2n) is 4.45. The van der Waals surface area contributed by atoms with Crippen LogP contribution in [0.2, 0.25) is 0 Å². The van der Waals surface area contributed by atoms with Crippen molar-refractivity contribution in [2.45, 2.75) is 6.42 Å². The number of aromatic nitrogens is 1. The van der Waals surface area contributed by atoms with Gasteiger partial charge in [0.25, 0.3) is 0 Å². The number of thiazole rings is 1. The minimum atomic E-state index is 0.998. The van der Waals surface area contributed by atoms with E-state index in [2.05, 4.69) is 66.4 Å². The van der Waals surface area contributed by atoms with Gasteiger partial charge in [0, 0.05) is 16.9 Å². The van der Waals surface area contributed by atoms with Crippen molar-refractivity contribution in [2.75, 3.05) is 3.53 Å². The Bertz CT molecular complexity index is 747. The highest BCUT2D eigenvalue weighted by Gasteiger charge is 2.23. The van der Waals surface area contributed by atoms with E-state index in [1.165, 1.54) is 27.1 Å². The van der Waals surface area contributed by atoms with E-state index < -0.39 is 0 Å². The van der Waals surface area contributed by atoms with Gasteiger partial charge in [0.2, 0.25) is 0 Å². The molecule has 1 aliphatic rings. The summed E-state index contributed by atoms with van der Waals surface area (Å²) in [5, 5.41) is 5.32. The Kier molecular flexibility index (Phi) is 2.86. The molecule has 0 amide bonds. The minimum Gasteiger partial charge on any atom is -0.304 e. The van der Waals surface area contributed by atoms with Crippen LogP contribution >= 0.6 is 45.5 Å². The lowest BCUT2D eigenvalue weighted by Crippen LogP contribution is -1.84. The molecule has 4 rings (SSSR count). The van der Waals surface area contributed by atoms with E-state index in [9.17, 15) is 0 Å². The topological polar surface area (TPSA) is 24.9 Å². The number of nitrogens with one attached hydrogen (secondary N) is 1. The van der Waals surface area contributed by atoms with Gasteiger partial charge in [-0.05, 0) is 33.5 Å². The summed E-state index contributed by atoms with van der Waals surface area (Å²) in [5.74, 6) is 0. The van der Waals surface area contributed by atoms with Crippen LogP contribution < -0.4 is 3.53 Å². The second kappa shape index (κ2) is 4.57. The molecule has 94 valence electrons. The van der Waals surface area contributed by atoms with Gasteiger partial charge in [-0.15, -0.1) is 11.3 Å². The number of hydrogen-bond acceptors (Lipinski definition) is 4. The molecule has 19 heavy (non-hydrogen) atoms. The van der Waals surface area contributed by atoms with Crippen LogP contribution in [0.15, 0.2) is 35.0 Å². The van der Waals surface area contributed by atoms with Crippen molar-refractivity contribution in [2.24, 2.45) is 0 Å². The highest BCUT2D eigenvalue weighted by molar-refractivity contribution is 14.1. The van der Waals surface area contributed by atoms with Crippen molar-refractivity contribution in [1.29, 1.82) is 0 Å². The first-order chi connectivity index (χ1) is 9.35. The van der Waals surface area contributed by atoms with E-state index in [0.717, 1.165) is 17.2 Å². The van der Waals surface area contributed by atoms with Crippen LogP contribution in [0.1, 0.15) is 10.4 Å². The molecule has 3 aromatic rings. The van der Waals surface area contributed by atoms with Gasteiger partial charge in [0.05, 0.1) is 28.6 Å². The van der Waals surface area contributed by atoms with Crippen molar-refractivity contribution in [1.82, 2.24) is 4.98 Å². The standard InChI is InChI=1S/C14H9IN2S2/c15-17-14-16-13-11-2-1-8(9-3-4-18-7-9)5-10(11)6-12(13)19-14/h1-5,7H,6H2,(H,16,17). The summed E-state index contributed by atoms with van der Waals surface area (Å²) in [6, 6.07) is 8.90. The summed E-state index contributed by atoms with van der Waals surface area (Å²) in [6.45, 7) is 0. The van der Waals surface area contributed by atoms with Crippen molar-refractivity contribution in [3.63, 3.8) is 0 Å². The molecule has 2 nitrogen and oxygen atoms in total. The fourth-order valence-corrected chi connectivity index (χ4v) is 4.48. The molecule has 0 bridgehead atoms. The van der Waals surface area contributed by atoms with Crippen LogP contribution in [0.5, 0.6) is 0 Å². The highest BCUT2D eigenvalue weighted by Crippen LogP contribution is 2.42. The number of benzene rings is 1. The number of nitrogens with zero attached hydrogens (tertiary/aromatic N) is 1. The van der Waals surface area contributed by atoms with Gasteiger partial charge in [-0.25, -0.2) is 4.98 Å². The lowest BCUT2D eigenvalue weighted by molar-refractivity contribution is 1.31. The summed E-state index contributed by atoms with van der Waals surface area (Å²) >= 11 is 5.63. The quantitative estimate of drug-likeness (QED) is 0.372. The summed E-state index contributed by atoms with van der Waals surface area (Å²) in [7, 11) is 0. The monoisotopic (exact) mass is 396 g/mol. The Morgan fingerprint density at radius 2 is 2.16 bits per heavy atom. The fraction of sp³-hybridized carbons (Fsp3) is 0.0714. The zero-order valence-corrected chi connectivity index (χ0v) is 13.6. The Morgan fingerprint density at radius 1 is 1.21 bits per heavy atom. The molecule has 1 aliphatic carbocycles. The van der Waals surface area contributed by atoms with Gasteiger partial charge < -0.3 is 3.53 Å². The number of thiophene rings is 1. The van der Waals surface area contributed by atoms with Crippen LogP contribution in [-0.2, 0) is 6.42 Å². The summed E-state index contributed by atoms with van der Waals surface area (Å²) in [4.78, 5) is 6.02. The summed E-state index contributed by atoms with van der Waals surface area (Å²) < 4.78 is 3.10. The molecule has 2 aromatic heterocycles. The molecule has 5 heteroatoms. The largest absolute Gasteiger partial charge is 0.304 e. The number of rotatable bonds is 2. The molecule has 0 saturated heterocycles. The maximum atomic E-state index is 4.64. The van der Waals surface area contributed by atoms with Crippen molar-refractivity contribution < 1.29 is 0 Å². The van der Waals surface area contributed by atoms with Crippen LogP contribution in [0.25, 0.3) is 22.4 Å². The molecular weight excluding hydrogens is 387 g/mol. The summed E-state index contributed by atoms with van der Waals surface area (Å²) in [5.41, 5.74) is 6.48. The van der Waals surface area contributed by atoms with Crippen molar-refractivity contribution in [3.05, 3.63) is 45.5 Å². The van der Waals surface area contributed by atoms with E-state index in [-0.39, 0.29) is 0 Å². The van der Waals surface area contributed by atoms with Gasteiger partial charge in [-0.1, -0.05) is 18.2 Å². The first-order valence-corrected chi connectivity index (χ1v) is 8.71. The predicted molar refractivity (Wildman–Crippen MR) is 91.3 cm³/mol. The molecule has 1 aromatic carbocycles. The Morgan fingerprint density at radius 3 is 2.95 bits per heavy atom. The molecule has 0 spiro atoms. The zero-order chi connectivity index (χ0) is 12.8. The average molecular weight is 396 g/mol. The van der Waals surface area contributed by atoms with Gasteiger partial charge in [-0.3, -0.25) is 0 Å². The third-order valence-corrected chi connectivity index (χ3v) is 5.87. The third kappa shape index (κ3) is 1.91. The Hall–Kier alpha value is -0.920. The second-order valence-corrected chi connectivity index (χ2v) is 6.85. The minimum absolute atomic E-state index is 0.998. The third-order valence-electron chi connectivity index (χ3n) is 3.34. The van der Waals surface area contributed by atoms with Gasteiger partial charge in [0.1, 0.15) is 0 Å². The first kappa shape index (κ1) is 11.9. The van der Waals surface area contributed by atoms with Crippen LogP contribution in [-0.4, -0.2) is 4.98 Å². The highest BCUT2D eigenvalue weighted by atomic mass is 127. The first-order valence-electron chi connectivity index (χ1n) is 5.87. The van der Waals surface area contributed by atoms with Crippen LogP contribution in [0.3, 0.4) is 0 Å².